The van der Waals surface area contributed by atoms with E-state index in [0.29, 0.717) is 25.2 Å². The second-order valence-electron chi connectivity index (χ2n) is 6.86. The van der Waals surface area contributed by atoms with Gasteiger partial charge in [-0.1, -0.05) is 20.8 Å². The third-order valence-corrected chi connectivity index (χ3v) is 5.34. The van der Waals surface area contributed by atoms with E-state index in [2.05, 4.69) is 20.8 Å². The summed E-state index contributed by atoms with van der Waals surface area (Å²) in [6.07, 6.45) is 3.40. The van der Waals surface area contributed by atoms with Gasteiger partial charge in [0.1, 0.15) is 5.75 Å². The first-order chi connectivity index (χ1) is 12.5. The molecule has 0 atom stereocenters. The number of hydrogen-bond donors (Lipinski definition) is 0. The highest BCUT2D eigenvalue weighted by Gasteiger charge is 2.26. The molecular formula is C21H32N2O3. The maximum absolute atomic E-state index is 12.9. The molecule has 0 spiro atoms. The molecule has 1 heterocycles. The van der Waals surface area contributed by atoms with Crippen molar-refractivity contribution in [3.63, 3.8) is 0 Å². The Hall–Kier alpha value is -2.04. The third-order valence-electron chi connectivity index (χ3n) is 5.34. The van der Waals surface area contributed by atoms with Gasteiger partial charge in [0, 0.05) is 37.7 Å². The summed E-state index contributed by atoms with van der Waals surface area (Å²) in [5.74, 6) is 1.20. The van der Waals surface area contributed by atoms with Gasteiger partial charge in [0.25, 0.3) is 5.91 Å². The summed E-state index contributed by atoms with van der Waals surface area (Å²) in [6, 6.07) is 5.63. The SMILES string of the molecule is CCc1cc(C(=O)N2CCCN(C(=O)C(CC)CC)CC2)ccc1OC. The number of benzene rings is 1. The number of rotatable bonds is 6. The van der Waals surface area contributed by atoms with Crippen LogP contribution in [0.4, 0.5) is 0 Å². The average molecular weight is 360 g/mol. The van der Waals surface area contributed by atoms with E-state index in [1.807, 2.05) is 28.0 Å². The van der Waals surface area contributed by atoms with E-state index in [0.717, 1.165) is 43.5 Å². The van der Waals surface area contributed by atoms with Crippen molar-refractivity contribution >= 4 is 11.8 Å². The molecule has 1 aliphatic heterocycles. The van der Waals surface area contributed by atoms with Gasteiger partial charge in [0.05, 0.1) is 7.11 Å². The lowest BCUT2D eigenvalue weighted by atomic mass is 10.0. The van der Waals surface area contributed by atoms with Crippen molar-refractivity contribution in [2.45, 2.75) is 46.5 Å². The minimum Gasteiger partial charge on any atom is -0.496 e. The van der Waals surface area contributed by atoms with Gasteiger partial charge < -0.3 is 14.5 Å². The number of carbonyl (C=O) groups is 2. The highest BCUT2D eigenvalue weighted by molar-refractivity contribution is 5.94. The number of aryl methyl sites for hydroxylation is 1. The van der Waals surface area contributed by atoms with Crippen molar-refractivity contribution in [1.82, 2.24) is 9.80 Å². The van der Waals surface area contributed by atoms with Crippen LogP contribution < -0.4 is 4.74 Å². The summed E-state index contributed by atoms with van der Waals surface area (Å²) in [4.78, 5) is 29.4. The second kappa shape index (κ2) is 9.60. The molecule has 144 valence electrons. The fraction of sp³-hybridized carbons (Fsp3) is 0.619. The zero-order chi connectivity index (χ0) is 19.1. The number of methoxy groups -OCH3 is 1. The molecule has 1 aromatic carbocycles. The van der Waals surface area contributed by atoms with E-state index in [4.69, 9.17) is 4.74 Å². The average Bonchev–Trinajstić information content (AvgIpc) is 2.93. The van der Waals surface area contributed by atoms with Gasteiger partial charge in [-0.25, -0.2) is 0 Å². The Morgan fingerprint density at radius 1 is 1.04 bits per heavy atom. The van der Waals surface area contributed by atoms with Crippen molar-refractivity contribution in [2.75, 3.05) is 33.3 Å². The molecule has 0 unspecified atom stereocenters. The Kier molecular flexibility index (Phi) is 7.49. The molecule has 0 N–H and O–H groups in total. The highest BCUT2D eigenvalue weighted by Crippen LogP contribution is 2.22. The first-order valence-corrected chi connectivity index (χ1v) is 9.80. The van der Waals surface area contributed by atoms with E-state index in [1.165, 1.54) is 0 Å². The van der Waals surface area contributed by atoms with Crippen LogP contribution in [0.2, 0.25) is 0 Å². The van der Waals surface area contributed by atoms with Crippen LogP contribution in [0, 0.1) is 5.92 Å². The second-order valence-corrected chi connectivity index (χ2v) is 6.86. The van der Waals surface area contributed by atoms with Crippen molar-refractivity contribution < 1.29 is 14.3 Å². The van der Waals surface area contributed by atoms with E-state index in [9.17, 15) is 9.59 Å². The van der Waals surface area contributed by atoms with E-state index in [1.54, 1.807) is 7.11 Å². The lowest BCUT2D eigenvalue weighted by Crippen LogP contribution is -2.39. The highest BCUT2D eigenvalue weighted by atomic mass is 16.5. The summed E-state index contributed by atoms with van der Waals surface area (Å²) < 4.78 is 5.35. The zero-order valence-electron chi connectivity index (χ0n) is 16.6. The Morgan fingerprint density at radius 2 is 1.69 bits per heavy atom. The number of carbonyl (C=O) groups excluding carboxylic acids is 2. The molecule has 0 aromatic heterocycles. The van der Waals surface area contributed by atoms with Gasteiger partial charge in [-0.3, -0.25) is 9.59 Å². The van der Waals surface area contributed by atoms with E-state index in [-0.39, 0.29) is 17.7 Å². The molecule has 0 aliphatic carbocycles. The van der Waals surface area contributed by atoms with Gasteiger partial charge in [0.2, 0.25) is 5.91 Å². The predicted octanol–water partition coefficient (Wildman–Crippen LogP) is 3.37. The molecule has 26 heavy (non-hydrogen) atoms. The minimum absolute atomic E-state index is 0.0409. The molecule has 0 saturated carbocycles. The summed E-state index contributed by atoms with van der Waals surface area (Å²) in [7, 11) is 1.65. The zero-order valence-corrected chi connectivity index (χ0v) is 16.6. The van der Waals surface area contributed by atoms with Gasteiger partial charge in [-0.15, -0.1) is 0 Å². The van der Waals surface area contributed by atoms with Gasteiger partial charge in [0.15, 0.2) is 0 Å². The Labute approximate surface area is 157 Å². The van der Waals surface area contributed by atoms with Gasteiger partial charge >= 0.3 is 0 Å². The third kappa shape index (κ3) is 4.57. The molecule has 2 rings (SSSR count). The van der Waals surface area contributed by atoms with Crippen LogP contribution in [0.15, 0.2) is 18.2 Å². The van der Waals surface area contributed by atoms with Crippen LogP contribution in [0.3, 0.4) is 0 Å². The monoisotopic (exact) mass is 360 g/mol. The molecule has 0 bridgehead atoms. The predicted molar refractivity (Wildman–Crippen MR) is 104 cm³/mol. The van der Waals surface area contributed by atoms with Gasteiger partial charge in [-0.2, -0.15) is 0 Å². The largest absolute Gasteiger partial charge is 0.496 e. The van der Waals surface area contributed by atoms with Crippen LogP contribution in [0.1, 0.15) is 56.0 Å². The van der Waals surface area contributed by atoms with Crippen molar-refractivity contribution in [2.24, 2.45) is 5.92 Å². The lowest BCUT2D eigenvalue weighted by Gasteiger charge is -2.25. The Balaban J connectivity index is 2.06. The normalized spacial score (nSPS) is 15.1. The number of hydrogen-bond acceptors (Lipinski definition) is 3. The molecule has 1 saturated heterocycles. The van der Waals surface area contributed by atoms with Crippen molar-refractivity contribution in [3.8, 4) is 5.75 Å². The summed E-state index contributed by atoms with van der Waals surface area (Å²) in [5.41, 5.74) is 1.74. The summed E-state index contributed by atoms with van der Waals surface area (Å²) in [6.45, 7) is 8.83. The number of amides is 2. The van der Waals surface area contributed by atoms with Crippen LogP contribution in [-0.2, 0) is 11.2 Å². The fourth-order valence-corrected chi connectivity index (χ4v) is 3.61. The maximum atomic E-state index is 12.9. The Bertz CT molecular complexity index is 626. The molecule has 1 aliphatic rings. The molecule has 0 radical (unpaired) electrons. The van der Waals surface area contributed by atoms with Crippen LogP contribution >= 0.6 is 0 Å². The van der Waals surface area contributed by atoms with E-state index < -0.39 is 0 Å². The summed E-state index contributed by atoms with van der Waals surface area (Å²) >= 11 is 0. The fourth-order valence-electron chi connectivity index (χ4n) is 3.61. The number of ether oxygens (including phenoxy) is 1. The van der Waals surface area contributed by atoms with Crippen molar-refractivity contribution in [1.29, 1.82) is 0 Å². The smallest absolute Gasteiger partial charge is 0.253 e. The first-order valence-electron chi connectivity index (χ1n) is 9.80. The molecule has 2 amide bonds. The van der Waals surface area contributed by atoms with Crippen molar-refractivity contribution in [3.05, 3.63) is 29.3 Å². The molecular weight excluding hydrogens is 328 g/mol. The maximum Gasteiger partial charge on any atom is 0.253 e. The molecule has 5 nitrogen and oxygen atoms in total. The Morgan fingerprint density at radius 3 is 2.31 bits per heavy atom. The molecule has 1 aromatic rings. The first kappa shape index (κ1) is 20.3. The summed E-state index contributed by atoms with van der Waals surface area (Å²) in [5, 5.41) is 0. The minimum atomic E-state index is 0.0409. The van der Waals surface area contributed by atoms with E-state index >= 15 is 0 Å². The quantitative estimate of drug-likeness (QED) is 0.781. The molecule has 1 fully saturated rings. The standard InChI is InChI=1S/C21H32N2O3/c1-5-16(6-2)20(24)22-11-8-12-23(14-13-22)21(25)18-9-10-19(26-4)17(7-3)15-18/h9-10,15-16H,5-8,11-14H2,1-4H3. The topological polar surface area (TPSA) is 49.9 Å². The van der Waals surface area contributed by atoms with Crippen LogP contribution in [0.5, 0.6) is 5.75 Å². The van der Waals surface area contributed by atoms with Crippen LogP contribution in [-0.4, -0.2) is 54.9 Å². The number of nitrogens with zero attached hydrogens (tertiary/aromatic N) is 2. The lowest BCUT2D eigenvalue weighted by molar-refractivity contribution is -0.135. The molecule has 5 heteroatoms. The van der Waals surface area contributed by atoms with Crippen LogP contribution in [0.25, 0.3) is 0 Å². The van der Waals surface area contributed by atoms with Gasteiger partial charge in [-0.05, 0) is 49.4 Å².